The van der Waals surface area contributed by atoms with E-state index in [0.29, 0.717) is 18.0 Å². The number of anilines is 1. The molecular formula is C10H10N2O2. The molecule has 0 aliphatic rings. The number of nitrogens with zero attached hydrogens (tertiary/aromatic N) is 1. The standard InChI is InChI=1S/C10H10N2O2/c11-9-3-1-2-4-10(9)13-7-8-5-6-14-12-8/h1-6H,7,11H2. The van der Waals surface area contributed by atoms with Crippen LogP contribution >= 0.6 is 0 Å². The van der Waals surface area contributed by atoms with Gasteiger partial charge < -0.3 is 15.0 Å². The van der Waals surface area contributed by atoms with Crippen LogP contribution in [0.5, 0.6) is 5.75 Å². The Kier molecular flexibility index (Phi) is 2.36. The van der Waals surface area contributed by atoms with E-state index in [9.17, 15) is 0 Å². The number of hydrogen-bond acceptors (Lipinski definition) is 4. The summed E-state index contributed by atoms with van der Waals surface area (Å²) in [6, 6.07) is 9.08. The van der Waals surface area contributed by atoms with Crippen molar-refractivity contribution in [2.45, 2.75) is 6.61 Å². The summed E-state index contributed by atoms with van der Waals surface area (Å²) in [5, 5.41) is 3.72. The third-order valence-electron chi connectivity index (χ3n) is 1.79. The van der Waals surface area contributed by atoms with Gasteiger partial charge >= 0.3 is 0 Å². The van der Waals surface area contributed by atoms with Crippen LogP contribution in [0.3, 0.4) is 0 Å². The molecule has 0 saturated carbocycles. The lowest BCUT2D eigenvalue weighted by Gasteiger charge is -2.05. The van der Waals surface area contributed by atoms with Gasteiger partial charge in [0.1, 0.15) is 24.3 Å². The molecule has 1 heterocycles. The fraction of sp³-hybridized carbons (Fsp3) is 0.100. The molecule has 0 aliphatic carbocycles. The molecule has 0 unspecified atom stereocenters. The van der Waals surface area contributed by atoms with Crippen LogP contribution in [0.4, 0.5) is 5.69 Å². The number of rotatable bonds is 3. The van der Waals surface area contributed by atoms with E-state index in [-0.39, 0.29) is 0 Å². The Bertz CT molecular complexity index is 398. The summed E-state index contributed by atoms with van der Waals surface area (Å²) in [5.74, 6) is 0.663. The van der Waals surface area contributed by atoms with Crippen LogP contribution in [0.25, 0.3) is 0 Å². The zero-order valence-corrected chi connectivity index (χ0v) is 7.51. The van der Waals surface area contributed by atoms with E-state index in [2.05, 4.69) is 9.68 Å². The first-order chi connectivity index (χ1) is 6.86. The summed E-state index contributed by atoms with van der Waals surface area (Å²) in [4.78, 5) is 0. The molecule has 1 aromatic carbocycles. The number of benzene rings is 1. The van der Waals surface area contributed by atoms with Crippen molar-refractivity contribution < 1.29 is 9.26 Å². The second-order valence-electron chi connectivity index (χ2n) is 2.82. The van der Waals surface area contributed by atoms with Crippen molar-refractivity contribution in [3.63, 3.8) is 0 Å². The highest BCUT2D eigenvalue weighted by atomic mass is 16.5. The number of para-hydroxylation sites is 2. The molecule has 0 spiro atoms. The van der Waals surface area contributed by atoms with Gasteiger partial charge in [0.15, 0.2) is 0 Å². The van der Waals surface area contributed by atoms with Gasteiger partial charge in [-0.1, -0.05) is 17.3 Å². The molecule has 0 saturated heterocycles. The zero-order chi connectivity index (χ0) is 9.80. The first kappa shape index (κ1) is 8.62. The molecule has 2 aromatic rings. The smallest absolute Gasteiger partial charge is 0.142 e. The minimum absolute atomic E-state index is 0.366. The van der Waals surface area contributed by atoms with Crippen molar-refractivity contribution in [3.05, 3.63) is 42.3 Å². The SMILES string of the molecule is Nc1ccccc1OCc1ccon1. The normalized spacial score (nSPS) is 10.0. The molecule has 1 aromatic heterocycles. The minimum atomic E-state index is 0.366. The Labute approximate surface area is 81.3 Å². The topological polar surface area (TPSA) is 61.3 Å². The lowest BCUT2D eigenvalue weighted by atomic mass is 10.3. The molecule has 0 bridgehead atoms. The molecule has 2 rings (SSSR count). The third kappa shape index (κ3) is 1.85. The molecule has 0 radical (unpaired) electrons. The summed E-state index contributed by atoms with van der Waals surface area (Å²) in [7, 11) is 0. The Morgan fingerprint density at radius 1 is 1.29 bits per heavy atom. The molecule has 0 fully saturated rings. The van der Waals surface area contributed by atoms with Crippen molar-refractivity contribution in [1.29, 1.82) is 0 Å². The van der Waals surface area contributed by atoms with Crippen molar-refractivity contribution in [3.8, 4) is 5.75 Å². The molecule has 14 heavy (non-hydrogen) atoms. The maximum Gasteiger partial charge on any atom is 0.142 e. The van der Waals surface area contributed by atoms with Gasteiger partial charge in [-0.25, -0.2) is 0 Å². The first-order valence-electron chi connectivity index (χ1n) is 4.23. The summed E-state index contributed by atoms with van der Waals surface area (Å²) >= 11 is 0. The Morgan fingerprint density at radius 3 is 2.86 bits per heavy atom. The molecule has 4 nitrogen and oxygen atoms in total. The van der Waals surface area contributed by atoms with Gasteiger partial charge in [0.05, 0.1) is 5.69 Å². The highest BCUT2D eigenvalue weighted by Crippen LogP contribution is 2.20. The highest BCUT2D eigenvalue weighted by molar-refractivity contribution is 5.51. The zero-order valence-electron chi connectivity index (χ0n) is 7.51. The highest BCUT2D eigenvalue weighted by Gasteiger charge is 2.00. The molecule has 72 valence electrons. The number of ether oxygens (including phenoxy) is 1. The number of aromatic nitrogens is 1. The van der Waals surface area contributed by atoms with Crippen molar-refractivity contribution in [1.82, 2.24) is 5.16 Å². The number of nitrogen functional groups attached to an aromatic ring is 1. The summed E-state index contributed by atoms with van der Waals surface area (Å²) in [6.45, 7) is 0.366. The van der Waals surface area contributed by atoms with E-state index < -0.39 is 0 Å². The quantitative estimate of drug-likeness (QED) is 0.750. The van der Waals surface area contributed by atoms with Crippen LogP contribution in [-0.4, -0.2) is 5.16 Å². The average Bonchev–Trinajstić information content (AvgIpc) is 2.69. The van der Waals surface area contributed by atoms with Gasteiger partial charge in [0.2, 0.25) is 0 Å². The lowest BCUT2D eigenvalue weighted by Crippen LogP contribution is -1.98. The van der Waals surface area contributed by atoms with Gasteiger partial charge in [-0.05, 0) is 12.1 Å². The van der Waals surface area contributed by atoms with E-state index in [1.807, 2.05) is 18.2 Å². The molecule has 0 amide bonds. The minimum Gasteiger partial charge on any atom is -0.485 e. The second-order valence-corrected chi connectivity index (χ2v) is 2.82. The fourth-order valence-electron chi connectivity index (χ4n) is 1.08. The van der Waals surface area contributed by atoms with Crippen LogP contribution in [0.2, 0.25) is 0 Å². The van der Waals surface area contributed by atoms with E-state index >= 15 is 0 Å². The van der Waals surface area contributed by atoms with E-state index in [0.717, 1.165) is 5.69 Å². The predicted octanol–water partition coefficient (Wildman–Crippen LogP) is 1.84. The Morgan fingerprint density at radius 2 is 2.14 bits per heavy atom. The second kappa shape index (κ2) is 3.83. The van der Waals surface area contributed by atoms with E-state index in [1.165, 1.54) is 6.26 Å². The summed E-state index contributed by atoms with van der Waals surface area (Å²) in [6.07, 6.45) is 1.51. The van der Waals surface area contributed by atoms with Crippen LogP contribution in [0.1, 0.15) is 5.69 Å². The van der Waals surface area contributed by atoms with Gasteiger partial charge in [0, 0.05) is 6.07 Å². The maximum absolute atomic E-state index is 5.69. The molecule has 4 heteroatoms. The van der Waals surface area contributed by atoms with Crippen LogP contribution < -0.4 is 10.5 Å². The Hall–Kier alpha value is -1.97. The van der Waals surface area contributed by atoms with Crippen molar-refractivity contribution in [2.24, 2.45) is 0 Å². The van der Waals surface area contributed by atoms with Gasteiger partial charge in [0.25, 0.3) is 0 Å². The average molecular weight is 190 g/mol. The summed E-state index contributed by atoms with van der Waals surface area (Å²) in [5.41, 5.74) is 7.06. The van der Waals surface area contributed by atoms with Crippen LogP contribution in [-0.2, 0) is 6.61 Å². The van der Waals surface area contributed by atoms with Gasteiger partial charge in [-0.2, -0.15) is 0 Å². The monoisotopic (exact) mass is 190 g/mol. The maximum atomic E-state index is 5.69. The van der Waals surface area contributed by atoms with E-state index in [1.54, 1.807) is 12.1 Å². The summed E-state index contributed by atoms with van der Waals surface area (Å²) < 4.78 is 10.1. The van der Waals surface area contributed by atoms with Crippen molar-refractivity contribution >= 4 is 5.69 Å². The van der Waals surface area contributed by atoms with Crippen molar-refractivity contribution in [2.75, 3.05) is 5.73 Å². The van der Waals surface area contributed by atoms with E-state index in [4.69, 9.17) is 10.5 Å². The fourth-order valence-corrected chi connectivity index (χ4v) is 1.08. The largest absolute Gasteiger partial charge is 0.485 e. The van der Waals surface area contributed by atoms with Crippen LogP contribution in [0.15, 0.2) is 41.1 Å². The number of nitrogens with two attached hydrogens (primary N) is 1. The lowest BCUT2D eigenvalue weighted by molar-refractivity contribution is 0.290. The molecule has 0 atom stereocenters. The molecular weight excluding hydrogens is 180 g/mol. The molecule has 2 N–H and O–H groups in total. The van der Waals surface area contributed by atoms with Gasteiger partial charge in [-0.15, -0.1) is 0 Å². The predicted molar refractivity (Wildman–Crippen MR) is 51.7 cm³/mol. The first-order valence-corrected chi connectivity index (χ1v) is 4.23. The van der Waals surface area contributed by atoms with Crippen LogP contribution in [0, 0.1) is 0 Å². The van der Waals surface area contributed by atoms with Gasteiger partial charge in [-0.3, -0.25) is 0 Å². The third-order valence-corrected chi connectivity index (χ3v) is 1.79. The molecule has 0 aliphatic heterocycles. The Balaban J connectivity index is 2.02. The number of hydrogen-bond donors (Lipinski definition) is 1.